The number of pyridine rings is 2. The number of hydrogen-bond donors (Lipinski definition) is 3. The van der Waals surface area contributed by atoms with Gasteiger partial charge in [-0.25, -0.2) is 9.97 Å². The van der Waals surface area contributed by atoms with E-state index in [2.05, 4.69) is 42.6 Å². The van der Waals surface area contributed by atoms with Gasteiger partial charge in [0.15, 0.2) is 0 Å². The molecule has 0 atom stereocenters. The lowest BCUT2D eigenvalue weighted by Gasteiger charge is -2.18. The quantitative estimate of drug-likeness (QED) is 0.285. The molecule has 3 aromatic rings. The van der Waals surface area contributed by atoms with Gasteiger partial charge in [0, 0.05) is 17.9 Å². The average molecular weight is 453 g/mol. The Morgan fingerprint density at radius 2 is 2.03 bits per heavy atom. The van der Waals surface area contributed by atoms with Gasteiger partial charge in [0.25, 0.3) is 0 Å². The standard InChI is InChI=1S/C24H32N6OS/c1-7-20-15(5)22-23(30(20)14(3)4)19(28-13-21(26)32-16(6)25)12-18(29-22)17-10-9-11-27-24(17)31-8-2/h9-12,14,25-26H,7-8,13H2,1-6H3,(H,28,29). The molecule has 0 aliphatic rings. The highest BCUT2D eigenvalue weighted by Gasteiger charge is 2.22. The second-order valence-electron chi connectivity index (χ2n) is 7.87. The van der Waals surface area contributed by atoms with E-state index in [1.54, 1.807) is 13.1 Å². The van der Waals surface area contributed by atoms with E-state index in [9.17, 15) is 0 Å². The third kappa shape index (κ3) is 4.80. The molecule has 0 aliphatic heterocycles. The lowest BCUT2D eigenvalue weighted by molar-refractivity contribution is 0.328. The highest BCUT2D eigenvalue weighted by atomic mass is 32.2. The first-order chi connectivity index (χ1) is 15.3. The first kappa shape index (κ1) is 23.8. The zero-order chi connectivity index (χ0) is 23.4. The fourth-order valence-corrected chi connectivity index (χ4v) is 4.52. The second-order valence-corrected chi connectivity index (χ2v) is 9.17. The van der Waals surface area contributed by atoms with Crippen molar-refractivity contribution in [1.82, 2.24) is 14.5 Å². The number of nitrogens with zero attached hydrogens (tertiary/aromatic N) is 3. The van der Waals surface area contributed by atoms with Crippen LogP contribution in [0.2, 0.25) is 0 Å². The van der Waals surface area contributed by atoms with Crippen LogP contribution in [0.4, 0.5) is 5.69 Å². The molecule has 0 aliphatic carbocycles. The molecule has 3 aromatic heterocycles. The molecule has 3 heterocycles. The highest BCUT2D eigenvalue weighted by molar-refractivity contribution is 8.26. The predicted molar refractivity (Wildman–Crippen MR) is 136 cm³/mol. The highest BCUT2D eigenvalue weighted by Crippen LogP contribution is 2.37. The molecule has 170 valence electrons. The van der Waals surface area contributed by atoms with E-state index in [4.69, 9.17) is 20.5 Å². The lowest BCUT2D eigenvalue weighted by Crippen LogP contribution is -2.13. The summed E-state index contributed by atoms with van der Waals surface area (Å²) in [5.41, 5.74) is 6.97. The minimum absolute atomic E-state index is 0.268. The van der Waals surface area contributed by atoms with Crippen molar-refractivity contribution in [3.05, 3.63) is 35.7 Å². The largest absolute Gasteiger partial charge is 0.477 e. The maximum atomic E-state index is 8.21. The van der Waals surface area contributed by atoms with Crippen LogP contribution in [-0.2, 0) is 6.42 Å². The van der Waals surface area contributed by atoms with Gasteiger partial charge in [0.05, 0.1) is 51.2 Å². The summed E-state index contributed by atoms with van der Waals surface area (Å²) in [6.45, 7) is 13.2. The summed E-state index contributed by atoms with van der Waals surface area (Å²) in [5, 5.41) is 20.1. The van der Waals surface area contributed by atoms with Gasteiger partial charge in [0.2, 0.25) is 5.88 Å². The van der Waals surface area contributed by atoms with E-state index < -0.39 is 0 Å². The Balaban J connectivity index is 2.23. The molecule has 0 aromatic carbocycles. The molecule has 0 fully saturated rings. The van der Waals surface area contributed by atoms with Crippen molar-refractivity contribution in [3.63, 3.8) is 0 Å². The SMILES string of the molecule is CCOc1ncccc1-c1cc(NCC(=N)SC(C)=N)c2c(n1)c(C)c(CC)n2C(C)C. The Kier molecular flexibility index (Phi) is 7.56. The monoisotopic (exact) mass is 452 g/mol. The van der Waals surface area contributed by atoms with Crippen LogP contribution in [-0.4, -0.2) is 37.8 Å². The molecular formula is C24H32N6OS. The Morgan fingerprint density at radius 3 is 2.66 bits per heavy atom. The van der Waals surface area contributed by atoms with Crippen LogP contribution < -0.4 is 10.1 Å². The Morgan fingerprint density at radius 1 is 1.28 bits per heavy atom. The van der Waals surface area contributed by atoms with Crippen LogP contribution in [0.1, 0.15) is 51.9 Å². The van der Waals surface area contributed by atoms with Crippen LogP contribution in [0.15, 0.2) is 24.4 Å². The smallest absolute Gasteiger partial charge is 0.222 e. The van der Waals surface area contributed by atoms with E-state index in [1.165, 1.54) is 11.3 Å². The fraction of sp³-hybridized carbons (Fsp3) is 0.417. The average Bonchev–Trinajstić information content (AvgIpc) is 3.04. The summed E-state index contributed by atoms with van der Waals surface area (Å²) in [4.78, 5) is 9.46. The number of rotatable bonds is 8. The van der Waals surface area contributed by atoms with Crippen molar-refractivity contribution in [1.29, 1.82) is 10.8 Å². The maximum absolute atomic E-state index is 8.21. The number of ether oxygens (including phenoxy) is 1. The summed E-state index contributed by atoms with van der Waals surface area (Å²) < 4.78 is 8.11. The fourth-order valence-electron chi connectivity index (χ4n) is 4.01. The van der Waals surface area contributed by atoms with Gasteiger partial charge in [0.1, 0.15) is 0 Å². The lowest BCUT2D eigenvalue weighted by atomic mass is 10.1. The summed E-state index contributed by atoms with van der Waals surface area (Å²) in [6, 6.07) is 6.15. The van der Waals surface area contributed by atoms with Gasteiger partial charge in [-0.3, -0.25) is 10.8 Å². The summed E-state index contributed by atoms with van der Waals surface area (Å²) in [5.74, 6) is 0.562. The minimum atomic E-state index is 0.268. The van der Waals surface area contributed by atoms with E-state index in [0.717, 1.165) is 46.2 Å². The number of hydrogen-bond acceptors (Lipinski definition) is 7. The number of nitrogens with one attached hydrogen (secondary N) is 3. The molecule has 7 nitrogen and oxygen atoms in total. The molecule has 3 rings (SSSR count). The van der Waals surface area contributed by atoms with Gasteiger partial charge in [-0.2, -0.15) is 0 Å². The number of aromatic nitrogens is 3. The van der Waals surface area contributed by atoms with Gasteiger partial charge < -0.3 is 14.6 Å². The number of anilines is 1. The van der Waals surface area contributed by atoms with Crippen molar-refractivity contribution in [2.45, 2.75) is 54.0 Å². The van der Waals surface area contributed by atoms with E-state index in [1.807, 2.05) is 25.1 Å². The van der Waals surface area contributed by atoms with Crippen molar-refractivity contribution in [3.8, 4) is 17.1 Å². The molecule has 0 saturated carbocycles. The normalized spacial score (nSPS) is 11.2. The topological polar surface area (TPSA) is 99.7 Å². The van der Waals surface area contributed by atoms with Crippen molar-refractivity contribution in [2.75, 3.05) is 18.5 Å². The van der Waals surface area contributed by atoms with Crippen molar-refractivity contribution >= 4 is 38.6 Å². The molecule has 32 heavy (non-hydrogen) atoms. The number of aryl methyl sites for hydroxylation is 1. The Labute approximate surface area is 194 Å². The van der Waals surface area contributed by atoms with Crippen LogP contribution in [0.5, 0.6) is 5.88 Å². The molecule has 0 spiro atoms. The third-order valence-corrected chi connectivity index (χ3v) is 5.90. The van der Waals surface area contributed by atoms with E-state index in [-0.39, 0.29) is 6.04 Å². The molecule has 0 amide bonds. The molecule has 0 saturated heterocycles. The van der Waals surface area contributed by atoms with Crippen molar-refractivity contribution < 1.29 is 4.74 Å². The minimum Gasteiger partial charge on any atom is -0.477 e. The van der Waals surface area contributed by atoms with E-state index in [0.29, 0.717) is 29.1 Å². The zero-order valence-electron chi connectivity index (χ0n) is 19.7. The summed E-state index contributed by atoms with van der Waals surface area (Å²) >= 11 is 1.16. The van der Waals surface area contributed by atoms with Crippen LogP contribution in [0.25, 0.3) is 22.3 Å². The third-order valence-electron chi connectivity index (χ3n) is 5.21. The van der Waals surface area contributed by atoms with Crippen LogP contribution >= 0.6 is 11.8 Å². The van der Waals surface area contributed by atoms with Gasteiger partial charge >= 0.3 is 0 Å². The first-order valence-corrected chi connectivity index (χ1v) is 11.8. The van der Waals surface area contributed by atoms with Crippen molar-refractivity contribution in [2.24, 2.45) is 0 Å². The van der Waals surface area contributed by atoms with Crippen LogP contribution in [0, 0.1) is 17.7 Å². The van der Waals surface area contributed by atoms with E-state index >= 15 is 0 Å². The summed E-state index contributed by atoms with van der Waals surface area (Å²) in [7, 11) is 0. The number of thioether (sulfide) groups is 1. The molecule has 0 bridgehead atoms. The van der Waals surface area contributed by atoms with Crippen LogP contribution in [0.3, 0.4) is 0 Å². The molecular weight excluding hydrogens is 420 g/mol. The molecule has 0 radical (unpaired) electrons. The second kappa shape index (κ2) is 10.2. The number of fused-ring (bicyclic) bond motifs is 1. The molecule has 0 unspecified atom stereocenters. The molecule has 8 heteroatoms. The Bertz CT molecular complexity index is 1150. The van der Waals surface area contributed by atoms with Gasteiger partial charge in [-0.1, -0.05) is 18.7 Å². The van der Waals surface area contributed by atoms with Gasteiger partial charge in [-0.05, 0) is 64.8 Å². The maximum Gasteiger partial charge on any atom is 0.222 e. The summed E-state index contributed by atoms with van der Waals surface area (Å²) in [6.07, 6.45) is 2.63. The van der Waals surface area contributed by atoms with Gasteiger partial charge in [-0.15, -0.1) is 0 Å². The first-order valence-electron chi connectivity index (χ1n) is 10.9. The molecule has 3 N–H and O–H groups in total. The zero-order valence-corrected chi connectivity index (χ0v) is 20.5. The Hall–Kier alpha value is -2.87. The predicted octanol–water partition coefficient (Wildman–Crippen LogP) is 6.07.